The second-order valence-corrected chi connectivity index (χ2v) is 4.02. The first-order chi connectivity index (χ1) is 7.59. The number of aliphatic hydroxyl groups is 1. The Kier molecular flexibility index (Phi) is 5.21. The maximum Gasteiger partial charge on any atom is 0.334 e. The Bertz CT molecular complexity index is 251. The molecular formula is C10H18N2O4. The number of amides is 1. The van der Waals surface area contributed by atoms with Gasteiger partial charge in [-0.15, -0.1) is 0 Å². The van der Waals surface area contributed by atoms with Gasteiger partial charge in [0.2, 0.25) is 5.91 Å². The third-order valence-electron chi connectivity index (χ3n) is 2.68. The van der Waals surface area contributed by atoms with Crippen LogP contribution in [0.15, 0.2) is 0 Å². The predicted molar refractivity (Wildman–Crippen MR) is 56.9 cm³/mol. The van der Waals surface area contributed by atoms with Crippen molar-refractivity contribution in [2.45, 2.75) is 37.8 Å². The standard InChI is InChI=1S/C10H18N2O4/c13-8(10(15)16)5-12-9(14)6-11-7-3-1-2-4-7/h7-8,11,13H,1-6H2,(H,12,14)(H,15,16). The molecule has 1 rings (SSSR count). The summed E-state index contributed by atoms with van der Waals surface area (Å²) in [6.45, 7) is -0.0719. The van der Waals surface area contributed by atoms with E-state index < -0.39 is 12.1 Å². The molecule has 1 unspecified atom stereocenters. The topological polar surface area (TPSA) is 98.7 Å². The van der Waals surface area contributed by atoms with E-state index in [0.717, 1.165) is 12.8 Å². The highest BCUT2D eigenvalue weighted by Crippen LogP contribution is 2.17. The number of hydrogen-bond donors (Lipinski definition) is 4. The van der Waals surface area contributed by atoms with Gasteiger partial charge in [0.15, 0.2) is 6.10 Å². The molecule has 92 valence electrons. The Hall–Kier alpha value is -1.14. The normalized spacial score (nSPS) is 18.3. The minimum Gasteiger partial charge on any atom is -0.479 e. The third-order valence-corrected chi connectivity index (χ3v) is 2.68. The molecule has 0 aromatic carbocycles. The van der Waals surface area contributed by atoms with E-state index in [1.165, 1.54) is 12.8 Å². The molecule has 6 nitrogen and oxygen atoms in total. The summed E-state index contributed by atoms with van der Waals surface area (Å²) in [7, 11) is 0. The highest BCUT2D eigenvalue weighted by atomic mass is 16.4. The Balaban J connectivity index is 2.08. The smallest absolute Gasteiger partial charge is 0.334 e. The van der Waals surface area contributed by atoms with Gasteiger partial charge in [-0.05, 0) is 12.8 Å². The summed E-state index contributed by atoms with van der Waals surface area (Å²) in [5.74, 6) is -1.61. The van der Waals surface area contributed by atoms with Gasteiger partial charge in [-0.1, -0.05) is 12.8 Å². The zero-order valence-electron chi connectivity index (χ0n) is 9.11. The lowest BCUT2D eigenvalue weighted by Crippen LogP contribution is -2.42. The second kappa shape index (κ2) is 6.44. The summed E-state index contributed by atoms with van der Waals surface area (Å²) in [6, 6.07) is 0.398. The van der Waals surface area contributed by atoms with Gasteiger partial charge in [-0.2, -0.15) is 0 Å². The Morgan fingerprint density at radius 3 is 2.50 bits per heavy atom. The van der Waals surface area contributed by atoms with Crippen LogP contribution in [0.5, 0.6) is 0 Å². The van der Waals surface area contributed by atoms with E-state index in [1.54, 1.807) is 0 Å². The first kappa shape index (κ1) is 12.9. The summed E-state index contributed by atoms with van der Waals surface area (Å²) in [5, 5.41) is 22.7. The lowest BCUT2D eigenvalue weighted by molar-refractivity contribution is -0.146. The van der Waals surface area contributed by atoms with Crippen LogP contribution in [0.1, 0.15) is 25.7 Å². The molecule has 0 aromatic rings. The van der Waals surface area contributed by atoms with E-state index in [4.69, 9.17) is 10.2 Å². The summed E-state index contributed by atoms with van der Waals surface area (Å²) in [4.78, 5) is 21.5. The zero-order chi connectivity index (χ0) is 12.0. The summed E-state index contributed by atoms with van der Waals surface area (Å²) in [5.41, 5.74) is 0. The van der Waals surface area contributed by atoms with Gasteiger partial charge in [0.05, 0.1) is 13.1 Å². The zero-order valence-corrected chi connectivity index (χ0v) is 9.11. The summed E-state index contributed by atoms with van der Waals surface area (Å²) in [6.07, 6.45) is 3.03. The number of carbonyl (C=O) groups excluding carboxylic acids is 1. The van der Waals surface area contributed by atoms with Crippen molar-refractivity contribution in [3.63, 3.8) is 0 Å². The largest absolute Gasteiger partial charge is 0.479 e. The molecule has 0 heterocycles. The summed E-state index contributed by atoms with van der Waals surface area (Å²) >= 11 is 0. The first-order valence-corrected chi connectivity index (χ1v) is 5.50. The molecule has 1 atom stereocenters. The van der Waals surface area contributed by atoms with Gasteiger partial charge in [-0.25, -0.2) is 4.79 Å². The molecule has 1 fully saturated rings. The predicted octanol–water partition coefficient (Wildman–Crippen LogP) is -0.920. The molecule has 0 saturated heterocycles. The number of carboxylic acids is 1. The van der Waals surface area contributed by atoms with Crippen LogP contribution in [0.25, 0.3) is 0 Å². The van der Waals surface area contributed by atoms with Gasteiger partial charge < -0.3 is 20.8 Å². The van der Waals surface area contributed by atoms with Gasteiger partial charge in [0.25, 0.3) is 0 Å². The van der Waals surface area contributed by atoms with Gasteiger partial charge >= 0.3 is 5.97 Å². The van der Waals surface area contributed by atoms with Crippen LogP contribution in [0.2, 0.25) is 0 Å². The van der Waals surface area contributed by atoms with E-state index in [1.807, 2.05) is 0 Å². The number of carbonyl (C=O) groups is 2. The van der Waals surface area contributed by atoms with Gasteiger partial charge in [0.1, 0.15) is 0 Å². The molecule has 6 heteroatoms. The van der Waals surface area contributed by atoms with Crippen molar-refractivity contribution in [1.29, 1.82) is 0 Å². The molecule has 0 aliphatic heterocycles. The first-order valence-electron chi connectivity index (χ1n) is 5.50. The number of carboxylic acid groups (broad SMARTS) is 1. The average molecular weight is 230 g/mol. The quantitative estimate of drug-likeness (QED) is 0.473. The molecule has 16 heavy (non-hydrogen) atoms. The molecule has 4 N–H and O–H groups in total. The van der Waals surface area contributed by atoms with Gasteiger partial charge in [0, 0.05) is 6.04 Å². The highest BCUT2D eigenvalue weighted by Gasteiger charge is 2.17. The van der Waals surface area contributed by atoms with E-state index in [0.29, 0.717) is 6.04 Å². The van der Waals surface area contributed by atoms with Crippen LogP contribution < -0.4 is 10.6 Å². The number of aliphatic hydroxyl groups excluding tert-OH is 1. The van der Waals surface area contributed by atoms with Crippen LogP contribution in [0.4, 0.5) is 0 Å². The van der Waals surface area contributed by atoms with Crippen molar-refractivity contribution in [2.75, 3.05) is 13.1 Å². The van der Waals surface area contributed by atoms with Crippen molar-refractivity contribution >= 4 is 11.9 Å². The molecule has 0 bridgehead atoms. The van der Waals surface area contributed by atoms with Crippen LogP contribution in [-0.2, 0) is 9.59 Å². The van der Waals surface area contributed by atoms with E-state index in [-0.39, 0.29) is 19.0 Å². The summed E-state index contributed by atoms with van der Waals surface area (Å²) < 4.78 is 0. The molecule has 1 aliphatic carbocycles. The van der Waals surface area contributed by atoms with Crippen molar-refractivity contribution in [1.82, 2.24) is 10.6 Å². The van der Waals surface area contributed by atoms with E-state index in [9.17, 15) is 9.59 Å². The Labute approximate surface area is 94.0 Å². The number of aliphatic carboxylic acids is 1. The SMILES string of the molecule is O=C(CNC1CCCC1)NCC(O)C(=O)O. The minimum absolute atomic E-state index is 0.178. The van der Waals surface area contributed by atoms with Crippen LogP contribution in [0.3, 0.4) is 0 Å². The van der Waals surface area contributed by atoms with E-state index >= 15 is 0 Å². The molecular weight excluding hydrogens is 212 g/mol. The molecule has 0 aromatic heterocycles. The molecule has 1 aliphatic rings. The number of rotatable bonds is 6. The third kappa shape index (κ3) is 4.59. The minimum atomic E-state index is -1.53. The fraction of sp³-hybridized carbons (Fsp3) is 0.800. The molecule has 0 radical (unpaired) electrons. The number of hydrogen-bond acceptors (Lipinski definition) is 4. The van der Waals surface area contributed by atoms with Crippen molar-refractivity contribution in [2.24, 2.45) is 0 Å². The lowest BCUT2D eigenvalue weighted by atomic mass is 10.2. The lowest BCUT2D eigenvalue weighted by Gasteiger charge is -2.12. The second-order valence-electron chi connectivity index (χ2n) is 4.02. The fourth-order valence-corrected chi connectivity index (χ4v) is 1.73. The molecule has 1 saturated carbocycles. The highest BCUT2D eigenvalue weighted by molar-refractivity contribution is 5.79. The molecule has 0 spiro atoms. The fourth-order valence-electron chi connectivity index (χ4n) is 1.73. The average Bonchev–Trinajstić information content (AvgIpc) is 2.75. The van der Waals surface area contributed by atoms with Crippen molar-refractivity contribution < 1.29 is 19.8 Å². The maximum absolute atomic E-state index is 11.2. The van der Waals surface area contributed by atoms with Gasteiger partial charge in [-0.3, -0.25) is 4.79 Å². The van der Waals surface area contributed by atoms with Crippen LogP contribution >= 0.6 is 0 Å². The van der Waals surface area contributed by atoms with Crippen molar-refractivity contribution in [3.05, 3.63) is 0 Å². The van der Waals surface area contributed by atoms with E-state index in [2.05, 4.69) is 10.6 Å². The monoisotopic (exact) mass is 230 g/mol. The molecule has 1 amide bonds. The van der Waals surface area contributed by atoms with Crippen molar-refractivity contribution in [3.8, 4) is 0 Å². The maximum atomic E-state index is 11.2. The van der Waals surface area contributed by atoms with Crippen LogP contribution in [-0.4, -0.2) is 47.3 Å². The van der Waals surface area contributed by atoms with Crippen LogP contribution in [0, 0.1) is 0 Å². The number of nitrogens with one attached hydrogen (secondary N) is 2. The Morgan fingerprint density at radius 2 is 1.94 bits per heavy atom. The Morgan fingerprint density at radius 1 is 1.31 bits per heavy atom.